The molecule has 0 unspecified atom stereocenters. The summed E-state index contributed by atoms with van der Waals surface area (Å²) in [5, 5.41) is 13.5. The SMILES string of the molecule is CC(=NNc1ccccc1)c1c(O)[nH]c(=O)[nH]c1=O. The Morgan fingerprint density at radius 3 is 2.53 bits per heavy atom. The summed E-state index contributed by atoms with van der Waals surface area (Å²) in [5.41, 5.74) is 2.19. The number of rotatable bonds is 3. The summed E-state index contributed by atoms with van der Waals surface area (Å²) >= 11 is 0. The Labute approximate surface area is 107 Å². The lowest BCUT2D eigenvalue weighted by Crippen LogP contribution is -2.27. The Hall–Kier alpha value is -2.83. The lowest BCUT2D eigenvalue weighted by Gasteiger charge is -2.04. The van der Waals surface area contributed by atoms with Crippen molar-refractivity contribution in [2.24, 2.45) is 5.10 Å². The molecule has 98 valence electrons. The molecule has 2 rings (SSSR count). The van der Waals surface area contributed by atoms with Gasteiger partial charge >= 0.3 is 5.69 Å². The van der Waals surface area contributed by atoms with E-state index in [4.69, 9.17) is 0 Å². The largest absolute Gasteiger partial charge is 0.494 e. The summed E-state index contributed by atoms with van der Waals surface area (Å²) in [7, 11) is 0. The third-order valence-electron chi connectivity index (χ3n) is 2.41. The van der Waals surface area contributed by atoms with Crippen LogP contribution >= 0.6 is 0 Å². The summed E-state index contributed by atoms with van der Waals surface area (Å²) in [4.78, 5) is 26.6. The Bertz CT molecular complexity index is 716. The van der Waals surface area contributed by atoms with Crippen molar-refractivity contribution in [1.29, 1.82) is 0 Å². The molecule has 1 aromatic heterocycles. The Morgan fingerprint density at radius 1 is 1.21 bits per heavy atom. The topological polar surface area (TPSA) is 110 Å². The highest BCUT2D eigenvalue weighted by atomic mass is 16.3. The van der Waals surface area contributed by atoms with E-state index in [2.05, 4.69) is 15.5 Å². The van der Waals surface area contributed by atoms with Crippen molar-refractivity contribution in [2.75, 3.05) is 5.43 Å². The van der Waals surface area contributed by atoms with E-state index in [0.29, 0.717) is 0 Å². The van der Waals surface area contributed by atoms with Crippen molar-refractivity contribution in [3.8, 4) is 5.88 Å². The van der Waals surface area contributed by atoms with E-state index < -0.39 is 17.1 Å². The van der Waals surface area contributed by atoms with Crippen molar-refractivity contribution in [3.63, 3.8) is 0 Å². The highest BCUT2D eigenvalue weighted by molar-refractivity contribution is 6.00. The third kappa shape index (κ3) is 2.89. The molecule has 1 heterocycles. The minimum absolute atomic E-state index is 0.0805. The number of nitrogens with one attached hydrogen (secondary N) is 3. The number of hydrogen-bond acceptors (Lipinski definition) is 5. The quantitative estimate of drug-likeness (QED) is 0.478. The van der Waals surface area contributed by atoms with E-state index in [1.807, 2.05) is 23.2 Å². The number of benzene rings is 1. The predicted molar refractivity (Wildman–Crippen MR) is 71.6 cm³/mol. The smallest absolute Gasteiger partial charge is 0.328 e. The van der Waals surface area contributed by atoms with Crippen LogP contribution in [0, 0.1) is 0 Å². The number of anilines is 1. The number of aromatic hydroxyl groups is 1. The summed E-state index contributed by atoms with van der Waals surface area (Å²) in [6.45, 7) is 1.54. The van der Waals surface area contributed by atoms with Gasteiger partial charge in [-0.25, -0.2) is 4.79 Å². The van der Waals surface area contributed by atoms with E-state index in [0.717, 1.165) is 5.69 Å². The van der Waals surface area contributed by atoms with Gasteiger partial charge in [0, 0.05) is 0 Å². The zero-order chi connectivity index (χ0) is 13.8. The third-order valence-corrected chi connectivity index (χ3v) is 2.41. The van der Waals surface area contributed by atoms with Crippen LogP contribution < -0.4 is 16.7 Å². The second-order valence-electron chi connectivity index (χ2n) is 3.81. The minimum Gasteiger partial charge on any atom is -0.494 e. The van der Waals surface area contributed by atoms with E-state index >= 15 is 0 Å². The molecular formula is C12H12N4O3. The molecule has 0 aliphatic heterocycles. The highest BCUT2D eigenvalue weighted by Crippen LogP contribution is 2.08. The molecule has 0 amide bonds. The fourth-order valence-corrected chi connectivity index (χ4v) is 1.53. The second-order valence-corrected chi connectivity index (χ2v) is 3.81. The molecule has 0 aliphatic carbocycles. The van der Waals surface area contributed by atoms with Crippen LogP contribution in [-0.2, 0) is 0 Å². The van der Waals surface area contributed by atoms with Gasteiger partial charge in [-0.3, -0.25) is 20.2 Å². The average molecular weight is 260 g/mol. The number of nitrogens with zero attached hydrogens (tertiary/aromatic N) is 1. The van der Waals surface area contributed by atoms with Crippen molar-refractivity contribution in [3.05, 3.63) is 56.7 Å². The van der Waals surface area contributed by atoms with Gasteiger partial charge in [-0.1, -0.05) is 18.2 Å². The lowest BCUT2D eigenvalue weighted by atomic mass is 10.2. The molecule has 7 nitrogen and oxygen atoms in total. The van der Waals surface area contributed by atoms with Crippen molar-refractivity contribution >= 4 is 11.4 Å². The van der Waals surface area contributed by atoms with Gasteiger partial charge in [0.15, 0.2) is 0 Å². The molecule has 0 saturated heterocycles. The van der Waals surface area contributed by atoms with Gasteiger partial charge in [-0.15, -0.1) is 0 Å². The van der Waals surface area contributed by atoms with Gasteiger partial charge in [-0.2, -0.15) is 5.10 Å². The summed E-state index contributed by atoms with van der Waals surface area (Å²) in [6, 6.07) is 9.12. The van der Waals surface area contributed by atoms with E-state index in [1.165, 1.54) is 0 Å². The van der Waals surface area contributed by atoms with Crippen LogP contribution in [0.4, 0.5) is 5.69 Å². The van der Waals surface area contributed by atoms with Gasteiger partial charge in [-0.05, 0) is 19.1 Å². The first-order valence-corrected chi connectivity index (χ1v) is 5.49. The van der Waals surface area contributed by atoms with Crippen LogP contribution in [0.2, 0.25) is 0 Å². The number of aromatic nitrogens is 2. The molecule has 19 heavy (non-hydrogen) atoms. The molecule has 1 aromatic carbocycles. The van der Waals surface area contributed by atoms with Crippen LogP contribution in [0.25, 0.3) is 0 Å². The standard InChI is InChI=1S/C12H12N4O3/c1-7(15-16-8-5-3-2-4-6-8)9-10(17)13-12(19)14-11(9)18/h2-6,16H,1H3,(H3,13,14,17,18,19). The summed E-state index contributed by atoms with van der Waals surface area (Å²) in [6.07, 6.45) is 0. The lowest BCUT2D eigenvalue weighted by molar-refractivity contribution is 0.447. The van der Waals surface area contributed by atoms with Crippen LogP contribution in [0.3, 0.4) is 0 Å². The fourth-order valence-electron chi connectivity index (χ4n) is 1.53. The first-order valence-electron chi connectivity index (χ1n) is 5.49. The number of para-hydroxylation sites is 1. The number of H-pyrrole nitrogens is 2. The number of aromatic amines is 2. The zero-order valence-electron chi connectivity index (χ0n) is 10.1. The van der Waals surface area contributed by atoms with Gasteiger partial charge in [0.1, 0.15) is 5.56 Å². The Morgan fingerprint density at radius 2 is 1.89 bits per heavy atom. The summed E-state index contributed by atoms with van der Waals surface area (Å²) in [5.74, 6) is -0.509. The van der Waals surface area contributed by atoms with E-state index in [9.17, 15) is 14.7 Å². The second kappa shape index (κ2) is 5.21. The predicted octanol–water partition coefficient (Wildman–Crippen LogP) is 0.605. The maximum Gasteiger partial charge on any atom is 0.328 e. The molecule has 0 fully saturated rings. The molecule has 0 spiro atoms. The molecule has 0 saturated carbocycles. The van der Waals surface area contributed by atoms with Gasteiger partial charge in [0.2, 0.25) is 5.88 Å². The number of hydrogen-bond donors (Lipinski definition) is 4. The molecule has 0 bridgehead atoms. The van der Waals surface area contributed by atoms with Crippen LogP contribution in [0.5, 0.6) is 5.88 Å². The Kier molecular flexibility index (Phi) is 3.46. The van der Waals surface area contributed by atoms with Crippen molar-refractivity contribution < 1.29 is 5.11 Å². The summed E-state index contributed by atoms with van der Waals surface area (Å²) < 4.78 is 0. The molecule has 0 radical (unpaired) electrons. The van der Waals surface area contributed by atoms with Gasteiger partial charge < -0.3 is 5.11 Å². The van der Waals surface area contributed by atoms with Gasteiger partial charge in [0.05, 0.1) is 11.4 Å². The minimum atomic E-state index is -0.768. The fraction of sp³-hybridized carbons (Fsp3) is 0.0833. The molecule has 0 aliphatic rings. The van der Waals surface area contributed by atoms with E-state index in [-0.39, 0.29) is 11.3 Å². The van der Waals surface area contributed by atoms with Crippen LogP contribution in [0.15, 0.2) is 45.0 Å². The normalized spacial score (nSPS) is 11.3. The first-order chi connectivity index (χ1) is 9.08. The molecule has 7 heteroatoms. The molecule has 4 N–H and O–H groups in total. The van der Waals surface area contributed by atoms with Crippen LogP contribution in [-0.4, -0.2) is 20.8 Å². The maximum atomic E-state index is 11.6. The van der Waals surface area contributed by atoms with E-state index in [1.54, 1.807) is 19.1 Å². The maximum absolute atomic E-state index is 11.6. The first kappa shape index (κ1) is 12.6. The highest BCUT2D eigenvalue weighted by Gasteiger charge is 2.11. The van der Waals surface area contributed by atoms with Gasteiger partial charge in [0.25, 0.3) is 5.56 Å². The number of hydrazone groups is 1. The van der Waals surface area contributed by atoms with Crippen LogP contribution in [0.1, 0.15) is 12.5 Å². The molecule has 2 aromatic rings. The monoisotopic (exact) mass is 260 g/mol. The molecule has 0 atom stereocenters. The van der Waals surface area contributed by atoms with Crippen molar-refractivity contribution in [1.82, 2.24) is 9.97 Å². The zero-order valence-corrected chi connectivity index (χ0v) is 10.1. The average Bonchev–Trinajstić information content (AvgIpc) is 2.36. The van der Waals surface area contributed by atoms with Crippen molar-refractivity contribution in [2.45, 2.75) is 6.92 Å². The molecular weight excluding hydrogens is 248 g/mol. The Balaban J connectivity index is 2.32.